The van der Waals surface area contributed by atoms with Crippen molar-refractivity contribution in [2.24, 2.45) is 0 Å². The second-order valence-corrected chi connectivity index (χ2v) is 11.2. The number of para-hydroxylation sites is 1. The van der Waals surface area contributed by atoms with Gasteiger partial charge in [0.05, 0.1) is 5.75 Å². The monoisotopic (exact) mass is 477 g/mol. The van der Waals surface area contributed by atoms with Crippen molar-refractivity contribution in [3.8, 4) is 0 Å². The Bertz CT molecular complexity index is 1340. The molecule has 1 saturated heterocycles. The van der Waals surface area contributed by atoms with E-state index < -0.39 is 10.0 Å². The maximum atomic E-state index is 13.0. The van der Waals surface area contributed by atoms with E-state index in [0.29, 0.717) is 26.1 Å². The van der Waals surface area contributed by atoms with Gasteiger partial charge in [0.25, 0.3) is 0 Å². The first kappa shape index (κ1) is 22.9. The normalized spacial score (nSPS) is 17.3. The minimum atomic E-state index is -3.38. The first-order chi connectivity index (χ1) is 16.4. The Morgan fingerprint density at radius 1 is 0.941 bits per heavy atom. The molecule has 1 amide bonds. The number of fused-ring (bicyclic) bond motifs is 1. The summed E-state index contributed by atoms with van der Waals surface area (Å²) in [7, 11) is -3.38. The van der Waals surface area contributed by atoms with Crippen molar-refractivity contribution < 1.29 is 13.2 Å². The third kappa shape index (κ3) is 4.42. The number of rotatable bonds is 6. The van der Waals surface area contributed by atoms with Crippen molar-refractivity contribution in [3.05, 3.63) is 77.5 Å². The van der Waals surface area contributed by atoms with Gasteiger partial charge in [0.2, 0.25) is 15.9 Å². The third-order valence-corrected chi connectivity index (χ3v) is 8.88. The highest BCUT2D eigenvalue weighted by Gasteiger charge is 2.27. The second kappa shape index (κ2) is 9.39. The van der Waals surface area contributed by atoms with E-state index in [2.05, 4.69) is 23.6 Å². The molecule has 0 radical (unpaired) electrons. The molecule has 6 nitrogen and oxygen atoms in total. The van der Waals surface area contributed by atoms with Crippen molar-refractivity contribution in [1.29, 1.82) is 0 Å². The van der Waals surface area contributed by atoms with E-state index >= 15 is 0 Å². The summed E-state index contributed by atoms with van der Waals surface area (Å²) in [5.74, 6) is 0.192. The number of carbonyl (C=O) groups excluding carboxylic acids is 1. The van der Waals surface area contributed by atoms with Crippen LogP contribution in [0.4, 0.5) is 0 Å². The lowest BCUT2D eigenvalue weighted by molar-refractivity contribution is -0.130. The molecule has 0 saturated carbocycles. The third-order valence-electron chi connectivity index (χ3n) is 7.06. The Hall–Kier alpha value is -2.90. The van der Waals surface area contributed by atoms with Gasteiger partial charge in [-0.15, -0.1) is 0 Å². The first-order valence-electron chi connectivity index (χ1n) is 12.0. The summed E-state index contributed by atoms with van der Waals surface area (Å²) < 4.78 is 29.7. The van der Waals surface area contributed by atoms with E-state index in [0.717, 1.165) is 59.2 Å². The van der Waals surface area contributed by atoms with Gasteiger partial charge < -0.3 is 9.47 Å². The van der Waals surface area contributed by atoms with E-state index in [1.807, 2.05) is 53.4 Å². The maximum Gasteiger partial charge on any atom is 0.242 e. The topological polar surface area (TPSA) is 62.6 Å². The van der Waals surface area contributed by atoms with Crippen LogP contribution >= 0.6 is 0 Å². The van der Waals surface area contributed by atoms with E-state index in [-0.39, 0.29) is 11.7 Å². The number of sulfonamides is 1. The molecular formula is C27H31N3O3S. The van der Waals surface area contributed by atoms with Crippen LogP contribution in [0.15, 0.2) is 60.7 Å². The lowest BCUT2D eigenvalue weighted by Gasteiger charge is -2.26. The molecule has 1 fully saturated rings. The largest absolute Gasteiger partial charge is 0.341 e. The number of nitrogens with zero attached hydrogens (tertiary/aromatic N) is 3. The number of likely N-dealkylation sites (tertiary alicyclic amines) is 1. The SMILES string of the molecule is Cc1c(C2=CCN(S(=O)(=O)Cc3ccccc3)CC2)c2ccccc2n1CC(=O)N1CCCC1. The summed E-state index contributed by atoms with van der Waals surface area (Å²) >= 11 is 0. The molecule has 34 heavy (non-hydrogen) atoms. The number of hydrogen-bond donors (Lipinski definition) is 0. The van der Waals surface area contributed by atoms with Crippen LogP contribution < -0.4 is 0 Å². The van der Waals surface area contributed by atoms with Gasteiger partial charge in [-0.25, -0.2) is 8.42 Å². The van der Waals surface area contributed by atoms with Crippen molar-refractivity contribution in [2.75, 3.05) is 26.2 Å². The molecule has 0 atom stereocenters. The number of carbonyl (C=O) groups is 1. The van der Waals surface area contributed by atoms with E-state index in [1.165, 1.54) is 0 Å². The molecule has 2 aliphatic heterocycles. The quantitative estimate of drug-likeness (QED) is 0.535. The molecule has 7 heteroatoms. The molecule has 0 N–H and O–H groups in total. The molecular weight excluding hydrogens is 446 g/mol. The van der Waals surface area contributed by atoms with Gasteiger partial charge in [0, 0.05) is 48.3 Å². The fourth-order valence-electron chi connectivity index (χ4n) is 5.25. The standard InChI is InChI=1S/C27H31N3O3S/c1-21-27(23-13-17-29(18-14-23)34(32,33)20-22-9-3-2-4-10-22)24-11-5-6-12-25(24)30(21)19-26(31)28-15-7-8-16-28/h2-6,9-13H,7-8,14-20H2,1H3. The lowest BCUT2D eigenvalue weighted by Crippen LogP contribution is -2.35. The number of hydrogen-bond acceptors (Lipinski definition) is 3. The zero-order chi connectivity index (χ0) is 23.7. The summed E-state index contributed by atoms with van der Waals surface area (Å²) in [6.45, 7) is 4.96. The van der Waals surface area contributed by atoms with Gasteiger partial charge >= 0.3 is 0 Å². The van der Waals surface area contributed by atoms with Crippen LogP contribution in [0, 0.1) is 6.92 Å². The van der Waals surface area contributed by atoms with Crippen LogP contribution in [-0.2, 0) is 27.1 Å². The second-order valence-electron chi connectivity index (χ2n) is 9.23. The molecule has 3 aromatic rings. The number of amides is 1. The molecule has 2 aliphatic rings. The highest BCUT2D eigenvalue weighted by Crippen LogP contribution is 2.35. The predicted molar refractivity (Wildman–Crippen MR) is 136 cm³/mol. The molecule has 2 aromatic carbocycles. The maximum absolute atomic E-state index is 13.0. The molecule has 178 valence electrons. The molecule has 3 heterocycles. The molecule has 0 bridgehead atoms. The number of aromatic nitrogens is 1. The van der Waals surface area contributed by atoms with Gasteiger partial charge in [-0.2, -0.15) is 4.31 Å². The lowest BCUT2D eigenvalue weighted by atomic mass is 9.97. The van der Waals surface area contributed by atoms with Crippen LogP contribution in [0.25, 0.3) is 16.5 Å². The Morgan fingerprint density at radius 3 is 2.35 bits per heavy atom. The minimum Gasteiger partial charge on any atom is -0.341 e. The van der Waals surface area contributed by atoms with E-state index in [9.17, 15) is 13.2 Å². The Labute approximate surface area is 201 Å². The van der Waals surface area contributed by atoms with Crippen LogP contribution in [0.5, 0.6) is 0 Å². The summed E-state index contributed by atoms with van der Waals surface area (Å²) in [6, 6.07) is 17.5. The zero-order valence-electron chi connectivity index (χ0n) is 19.6. The zero-order valence-corrected chi connectivity index (χ0v) is 20.4. The highest BCUT2D eigenvalue weighted by molar-refractivity contribution is 7.88. The summed E-state index contributed by atoms with van der Waals surface area (Å²) in [4.78, 5) is 14.9. The Morgan fingerprint density at radius 2 is 1.65 bits per heavy atom. The smallest absolute Gasteiger partial charge is 0.242 e. The average molecular weight is 478 g/mol. The van der Waals surface area contributed by atoms with E-state index in [1.54, 1.807) is 4.31 Å². The summed E-state index contributed by atoms with van der Waals surface area (Å²) in [5, 5.41) is 1.13. The molecule has 0 unspecified atom stereocenters. The minimum absolute atomic E-state index is 0.0218. The van der Waals surface area contributed by atoms with Crippen molar-refractivity contribution in [1.82, 2.24) is 13.8 Å². The molecule has 0 spiro atoms. The van der Waals surface area contributed by atoms with Crippen LogP contribution in [0.2, 0.25) is 0 Å². The van der Waals surface area contributed by atoms with Crippen molar-refractivity contribution >= 4 is 32.4 Å². The summed E-state index contributed by atoms with van der Waals surface area (Å²) in [6.07, 6.45) is 4.87. The van der Waals surface area contributed by atoms with Gasteiger partial charge in [0.15, 0.2) is 0 Å². The van der Waals surface area contributed by atoms with Crippen molar-refractivity contribution in [2.45, 2.75) is 38.5 Å². The predicted octanol–water partition coefficient (Wildman–Crippen LogP) is 4.19. The fourth-order valence-corrected chi connectivity index (χ4v) is 6.72. The fraction of sp³-hybridized carbons (Fsp3) is 0.370. The Balaban J connectivity index is 1.41. The van der Waals surface area contributed by atoms with Crippen LogP contribution in [0.1, 0.15) is 36.1 Å². The van der Waals surface area contributed by atoms with Gasteiger partial charge in [-0.3, -0.25) is 4.79 Å². The van der Waals surface area contributed by atoms with E-state index in [4.69, 9.17) is 0 Å². The Kier molecular flexibility index (Phi) is 6.32. The van der Waals surface area contributed by atoms with Gasteiger partial charge in [0.1, 0.15) is 6.54 Å². The van der Waals surface area contributed by atoms with Crippen LogP contribution in [-0.4, -0.2) is 54.3 Å². The summed E-state index contributed by atoms with van der Waals surface area (Å²) in [5.41, 5.74) is 5.24. The van der Waals surface area contributed by atoms with Crippen LogP contribution in [0.3, 0.4) is 0 Å². The van der Waals surface area contributed by atoms with Gasteiger partial charge in [-0.05, 0) is 43.4 Å². The number of benzene rings is 2. The van der Waals surface area contributed by atoms with Gasteiger partial charge in [-0.1, -0.05) is 54.6 Å². The van der Waals surface area contributed by atoms with Crippen molar-refractivity contribution in [3.63, 3.8) is 0 Å². The molecule has 0 aliphatic carbocycles. The molecule has 5 rings (SSSR count). The highest BCUT2D eigenvalue weighted by atomic mass is 32.2. The first-order valence-corrected chi connectivity index (χ1v) is 13.6. The molecule has 1 aromatic heterocycles. The average Bonchev–Trinajstić information content (AvgIpc) is 3.47.